The number of carboxylic acid groups (broad SMARTS) is 1. The predicted molar refractivity (Wildman–Crippen MR) is 69.9 cm³/mol. The molecule has 0 fully saturated rings. The van der Waals surface area contributed by atoms with Gasteiger partial charge in [0.05, 0.1) is 10.0 Å². The van der Waals surface area contributed by atoms with Gasteiger partial charge in [0.1, 0.15) is 4.90 Å². The minimum atomic E-state index is -3.91. The first-order valence-electron chi connectivity index (χ1n) is 5.10. The second kappa shape index (κ2) is 6.53. The number of aliphatic hydroxyl groups is 1. The lowest BCUT2D eigenvalue weighted by atomic mass is 10.3. The van der Waals surface area contributed by atoms with Crippen molar-refractivity contribution in [3.63, 3.8) is 0 Å². The number of sulfonamides is 1. The van der Waals surface area contributed by atoms with Crippen molar-refractivity contribution in [2.75, 3.05) is 6.54 Å². The second-order valence-corrected chi connectivity index (χ2v) is 6.11. The van der Waals surface area contributed by atoms with E-state index in [0.717, 1.165) is 0 Å². The lowest BCUT2D eigenvalue weighted by Gasteiger charge is -2.10. The molecular weight excluding hydrogens is 317 g/mol. The Morgan fingerprint density at radius 2 is 2.00 bits per heavy atom. The summed E-state index contributed by atoms with van der Waals surface area (Å²) in [6.07, 6.45) is -1.88. The first-order valence-corrected chi connectivity index (χ1v) is 7.34. The fourth-order valence-electron chi connectivity index (χ4n) is 1.22. The van der Waals surface area contributed by atoms with Crippen molar-refractivity contribution in [3.8, 4) is 0 Å². The Balaban J connectivity index is 2.77. The van der Waals surface area contributed by atoms with Crippen molar-refractivity contribution in [2.45, 2.75) is 17.4 Å². The molecule has 0 aromatic heterocycles. The van der Waals surface area contributed by atoms with Gasteiger partial charge in [-0.05, 0) is 18.6 Å². The Morgan fingerprint density at radius 1 is 1.37 bits per heavy atom. The maximum atomic E-state index is 11.9. The molecule has 1 unspecified atom stereocenters. The number of aliphatic carboxylic acids is 1. The lowest BCUT2D eigenvalue weighted by molar-refractivity contribution is -0.146. The minimum absolute atomic E-state index is 0.0927. The van der Waals surface area contributed by atoms with E-state index in [-0.39, 0.29) is 27.9 Å². The predicted octanol–water partition coefficient (Wildman–Crippen LogP) is 1.11. The molecule has 0 spiro atoms. The number of hydrogen-bond acceptors (Lipinski definition) is 4. The molecule has 0 heterocycles. The number of nitrogens with one attached hydrogen (secondary N) is 1. The van der Waals surface area contributed by atoms with Crippen molar-refractivity contribution in [3.05, 3.63) is 28.2 Å². The topological polar surface area (TPSA) is 104 Å². The van der Waals surface area contributed by atoms with Crippen molar-refractivity contribution < 1.29 is 23.4 Å². The van der Waals surface area contributed by atoms with Gasteiger partial charge in [0.2, 0.25) is 10.0 Å². The molecule has 1 aromatic rings. The van der Waals surface area contributed by atoms with E-state index in [1.807, 2.05) is 0 Å². The number of halogens is 2. The van der Waals surface area contributed by atoms with Crippen LogP contribution in [0.4, 0.5) is 0 Å². The number of hydrogen-bond donors (Lipinski definition) is 3. The average molecular weight is 328 g/mol. The molecule has 106 valence electrons. The highest BCUT2D eigenvalue weighted by Crippen LogP contribution is 2.28. The third-order valence-corrected chi connectivity index (χ3v) is 4.63. The van der Waals surface area contributed by atoms with E-state index < -0.39 is 22.1 Å². The summed E-state index contributed by atoms with van der Waals surface area (Å²) < 4.78 is 25.9. The second-order valence-electron chi connectivity index (χ2n) is 3.59. The van der Waals surface area contributed by atoms with E-state index in [1.54, 1.807) is 0 Å². The highest BCUT2D eigenvalue weighted by molar-refractivity contribution is 7.89. The van der Waals surface area contributed by atoms with Crippen LogP contribution >= 0.6 is 23.2 Å². The summed E-state index contributed by atoms with van der Waals surface area (Å²) in [5.41, 5.74) is 0. The Hall–Kier alpha value is -0.860. The largest absolute Gasteiger partial charge is 0.479 e. The minimum Gasteiger partial charge on any atom is -0.479 e. The lowest BCUT2D eigenvalue weighted by Crippen LogP contribution is -2.30. The van der Waals surface area contributed by atoms with Crippen molar-refractivity contribution in [1.29, 1.82) is 0 Å². The highest BCUT2D eigenvalue weighted by atomic mass is 35.5. The molecule has 0 amide bonds. The van der Waals surface area contributed by atoms with Gasteiger partial charge in [-0.3, -0.25) is 0 Å². The van der Waals surface area contributed by atoms with Crippen LogP contribution in [0.3, 0.4) is 0 Å². The van der Waals surface area contributed by atoms with Crippen LogP contribution in [-0.4, -0.2) is 37.2 Å². The van der Waals surface area contributed by atoms with Crippen LogP contribution in [0.15, 0.2) is 23.1 Å². The maximum absolute atomic E-state index is 11.9. The maximum Gasteiger partial charge on any atom is 0.332 e. The summed E-state index contributed by atoms with van der Waals surface area (Å²) in [7, 11) is -3.91. The van der Waals surface area contributed by atoms with E-state index in [4.69, 9.17) is 33.4 Å². The Morgan fingerprint density at radius 3 is 2.58 bits per heavy atom. The number of carboxylic acids is 1. The summed E-state index contributed by atoms with van der Waals surface area (Å²) >= 11 is 11.5. The summed E-state index contributed by atoms with van der Waals surface area (Å²) in [5.74, 6) is -1.42. The van der Waals surface area contributed by atoms with Crippen LogP contribution in [0, 0.1) is 0 Å². The molecule has 3 N–H and O–H groups in total. The molecule has 19 heavy (non-hydrogen) atoms. The zero-order valence-corrected chi connectivity index (χ0v) is 11.8. The van der Waals surface area contributed by atoms with Crippen LogP contribution in [0.5, 0.6) is 0 Å². The Kier molecular flexibility index (Phi) is 5.57. The first kappa shape index (κ1) is 16.2. The number of benzene rings is 1. The van der Waals surface area contributed by atoms with Gasteiger partial charge in [-0.25, -0.2) is 17.9 Å². The third kappa shape index (κ3) is 4.32. The van der Waals surface area contributed by atoms with Crippen LogP contribution in [0.2, 0.25) is 10.0 Å². The molecular formula is C10H11Cl2NO5S. The van der Waals surface area contributed by atoms with E-state index >= 15 is 0 Å². The zero-order valence-electron chi connectivity index (χ0n) is 9.51. The molecule has 0 saturated heterocycles. The van der Waals surface area contributed by atoms with Crippen molar-refractivity contribution >= 4 is 39.2 Å². The summed E-state index contributed by atoms with van der Waals surface area (Å²) in [6.45, 7) is -0.237. The fourth-order valence-corrected chi connectivity index (χ4v) is 3.03. The van der Waals surface area contributed by atoms with E-state index in [9.17, 15) is 13.2 Å². The van der Waals surface area contributed by atoms with Gasteiger partial charge >= 0.3 is 5.97 Å². The van der Waals surface area contributed by atoms with E-state index in [1.165, 1.54) is 18.2 Å². The van der Waals surface area contributed by atoms with Gasteiger partial charge in [0.25, 0.3) is 0 Å². The molecule has 0 bridgehead atoms. The molecule has 0 aliphatic rings. The van der Waals surface area contributed by atoms with Crippen LogP contribution in [0.25, 0.3) is 0 Å². The molecule has 1 rings (SSSR count). The van der Waals surface area contributed by atoms with Gasteiger partial charge in [-0.1, -0.05) is 29.3 Å². The van der Waals surface area contributed by atoms with Gasteiger partial charge < -0.3 is 10.2 Å². The summed E-state index contributed by atoms with van der Waals surface area (Å²) in [6, 6.07) is 4.14. The molecule has 0 saturated carbocycles. The third-order valence-electron chi connectivity index (χ3n) is 2.20. The highest BCUT2D eigenvalue weighted by Gasteiger charge is 2.20. The number of aliphatic hydroxyl groups excluding tert-OH is 1. The quantitative estimate of drug-likeness (QED) is 0.726. The SMILES string of the molecule is O=C(O)C(O)CCNS(=O)(=O)c1cccc(Cl)c1Cl. The molecule has 0 aliphatic carbocycles. The normalized spacial score (nSPS) is 13.2. The first-order chi connectivity index (χ1) is 8.75. The van der Waals surface area contributed by atoms with Crippen molar-refractivity contribution in [2.24, 2.45) is 0 Å². The molecule has 6 nitrogen and oxygen atoms in total. The van der Waals surface area contributed by atoms with Gasteiger partial charge in [-0.2, -0.15) is 0 Å². The van der Waals surface area contributed by atoms with Crippen molar-refractivity contribution in [1.82, 2.24) is 4.72 Å². The standard InChI is InChI=1S/C10H11Cl2NO5S/c11-6-2-1-3-8(9(6)12)19(17,18)13-5-4-7(14)10(15)16/h1-3,7,13-14H,4-5H2,(H,15,16). The van der Waals surface area contributed by atoms with Crippen LogP contribution < -0.4 is 4.72 Å². The fraction of sp³-hybridized carbons (Fsp3) is 0.300. The van der Waals surface area contributed by atoms with Gasteiger partial charge in [0, 0.05) is 6.54 Å². The number of carbonyl (C=O) groups is 1. The molecule has 0 aliphatic heterocycles. The van der Waals surface area contributed by atoms with Crippen LogP contribution in [-0.2, 0) is 14.8 Å². The smallest absolute Gasteiger partial charge is 0.332 e. The molecule has 1 aromatic carbocycles. The van der Waals surface area contributed by atoms with Gasteiger partial charge in [0.15, 0.2) is 6.10 Å². The van der Waals surface area contributed by atoms with Gasteiger partial charge in [-0.15, -0.1) is 0 Å². The monoisotopic (exact) mass is 327 g/mol. The van der Waals surface area contributed by atoms with E-state index in [0.29, 0.717) is 0 Å². The number of rotatable bonds is 6. The molecule has 0 radical (unpaired) electrons. The summed E-state index contributed by atoms with van der Waals surface area (Å²) in [4.78, 5) is 10.2. The molecule has 1 atom stereocenters. The average Bonchev–Trinajstić information content (AvgIpc) is 2.31. The Bertz CT molecular complexity index is 575. The molecule has 9 heteroatoms. The van der Waals surface area contributed by atoms with Crippen LogP contribution in [0.1, 0.15) is 6.42 Å². The van der Waals surface area contributed by atoms with E-state index in [2.05, 4.69) is 4.72 Å². The summed E-state index contributed by atoms with van der Waals surface area (Å²) in [5, 5.41) is 17.4. The Labute approximate surface area is 120 Å². The zero-order chi connectivity index (χ0) is 14.6.